The zero-order chi connectivity index (χ0) is 13.8. The van der Waals surface area contributed by atoms with Crippen molar-refractivity contribution in [2.24, 2.45) is 0 Å². The summed E-state index contributed by atoms with van der Waals surface area (Å²) >= 11 is 0. The normalized spacial score (nSPS) is 16.8. The molecule has 0 atom stereocenters. The number of nitro groups is 1. The lowest BCUT2D eigenvalue weighted by Crippen LogP contribution is -2.42. The van der Waals surface area contributed by atoms with Crippen LogP contribution in [0.25, 0.3) is 0 Å². The predicted octanol–water partition coefficient (Wildman–Crippen LogP) is 2.99. The van der Waals surface area contributed by atoms with Gasteiger partial charge in [0.1, 0.15) is 5.69 Å². The van der Waals surface area contributed by atoms with E-state index < -0.39 is 0 Å². The number of nitrogens with one attached hydrogen (secondary N) is 1. The molecule has 1 aromatic rings. The largest absolute Gasteiger partial charge is 0.377 e. The number of piperidine rings is 1. The molecule has 1 fully saturated rings. The van der Waals surface area contributed by atoms with Crippen molar-refractivity contribution in [3.8, 4) is 0 Å². The maximum Gasteiger partial charge on any atom is 0.292 e. The molecule has 0 spiro atoms. The molecule has 0 unspecified atom stereocenters. The van der Waals surface area contributed by atoms with Gasteiger partial charge in [-0.05, 0) is 32.8 Å². The average Bonchev–Trinajstić information content (AvgIpc) is 2.39. The third-order valence-electron chi connectivity index (χ3n) is 3.72. The fourth-order valence-corrected chi connectivity index (χ4v) is 2.54. The van der Waals surface area contributed by atoms with E-state index in [0.29, 0.717) is 17.8 Å². The molecular weight excluding hydrogens is 274 g/mol. The van der Waals surface area contributed by atoms with Gasteiger partial charge in [-0.3, -0.25) is 10.1 Å². The molecule has 0 aliphatic carbocycles. The Morgan fingerprint density at radius 2 is 1.90 bits per heavy atom. The molecule has 1 saturated heterocycles. The lowest BCUT2D eigenvalue weighted by atomic mass is 10.0. The Balaban J connectivity index is 0.00000200. The van der Waals surface area contributed by atoms with Crippen LogP contribution < -0.4 is 5.32 Å². The first-order valence-corrected chi connectivity index (χ1v) is 6.82. The molecule has 2 rings (SSSR count). The maximum absolute atomic E-state index is 11.0. The Hall–Kier alpha value is -1.27. The molecule has 0 bridgehead atoms. The minimum atomic E-state index is -0.328. The van der Waals surface area contributed by atoms with Crippen LogP contribution in [0.1, 0.15) is 26.7 Å². The number of anilines is 1. The van der Waals surface area contributed by atoms with E-state index in [4.69, 9.17) is 0 Å². The highest BCUT2D eigenvalue weighted by molar-refractivity contribution is 7.59. The summed E-state index contributed by atoms with van der Waals surface area (Å²) in [4.78, 5) is 13.1. The van der Waals surface area contributed by atoms with Crippen molar-refractivity contribution >= 4 is 24.9 Å². The first-order valence-electron chi connectivity index (χ1n) is 6.82. The predicted molar refractivity (Wildman–Crippen MR) is 86.8 cm³/mol. The number of para-hydroxylation sites is 2. The van der Waals surface area contributed by atoms with Gasteiger partial charge in [0, 0.05) is 31.2 Å². The average molecular weight is 297 g/mol. The standard InChI is InChI=1S/C14H21N3O2.H2S/c1-11(2)16-9-7-12(8-10-16)15-13-5-3-4-6-14(13)17(18)19;/h3-6,11-12,15H,7-10H2,1-2H3;1H2. The zero-order valence-corrected chi connectivity index (χ0v) is 13.0. The van der Waals surface area contributed by atoms with E-state index in [1.807, 2.05) is 6.07 Å². The van der Waals surface area contributed by atoms with Crippen LogP contribution in [0.5, 0.6) is 0 Å². The van der Waals surface area contributed by atoms with Crippen molar-refractivity contribution in [1.29, 1.82) is 0 Å². The molecule has 20 heavy (non-hydrogen) atoms. The van der Waals surface area contributed by atoms with E-state index in [2.05, 4.69) is 24.1 Å². The molecular formula is C14H23N3O2S. The number of rotatable bonds is 4. The number of nitro benzene ring substituents is 1. The van der Waals surface area contributed by atoms with Gasteiger partial charge in [0.15, 0.2) is 0 Å². The Morgan fingerprint density at radius 1 is 1.30 bits per heavy atom. The van der Waals surface area contributed by atoms with Gasteiger partial charge < -0.3 is 10.2 Å². The summed E-state index contributed by atoms with van der Waals surface area (Å²) < 4.78 is 0. The molecule has 1 aromatic carbocycles. The van der Waals surface area contributed by atoms with E-state index in [9.17, 15) is 10.1 Å². The Labute approximate surface area is 127 Å². The van der Waals surface area contributed by atoms with E-state index >= 15 is 0 Å². The Bertz CT molecular complexity index is 446. The summed E-state index contributed by atoms with van der Waals surface area (Å²) in [6.45, 7) is 6.51. The summed E-state index contributed by atoms with van der Waals surface area (Å²) in [6, 6.07) is 7.77. The van der Waals surface area contributed by atoms with Crippen molar-refractivity contribution < 1.29 is 4.92 Å². The lowest BCUT2D eigenvalue weighted by Gasteiger charge is -2.35. The molecule has 1 aliphatic rings. The van der Waals surface area contributed by atoms with E-state index in [1.165, 1.54) is 0 Å². The third-order valence-corrected chi connectivity index (χ3v) is 3.72. The van der Waals surface area contributed by atoms with Crippen LogP contribution in [0, 0.1) is 10.1 Å². The second kappa shape index (κ2) is 7.50. The van der Waals surface area contributed by atoms with Gasteiger partial charge >= 0.3 is 0 Å². The lowest BCUT2D eigenvalue weighted by molar-refractivity contribution is -0.384. The first-order chi connectivity index (χ1) is 9.08. The molecule has 1 heterocycles. The van der Waals surface area contributed by atoms with Gasteiger partial charge in [0.05, 0.1) is 4.92 Å². The van der Waals surface area contributed by atoms with Crippen LogP contribution in [-0.4, -0.2) is 35.0 Å². The fraction of sp³-hybridized carbons (Fsp3) is 0.571. The van der Waals surface area contributed by atoms with Gasteiger partial charge in [-0.15, -0.1) is 0 Å². The number of hydrogen-bond acceptors (Lipinski definition) is 4. The quantitative estimate of drug-likeness (QED) is 0.685. The number of nitrogens with zero attached hydrogens (tertiary/aromatic N) is 2. The summed E-state index contributed by atoms with van der Waals surface area (Å²) in [6.07, 6.45) is 2.06. The van der Waals surface area contributed by atoms with E-state index in [-0.39, 0.29) is 24.1 Å². The minimum absolute atomic E-state index is 0. The molecule has 0 amide bonds. The minimum Gasteiger partial charge on any atom is -0.377 e. The highest BCUT2D eigenvalue weighted by atomic mass is 32.1. The highest BCUT2D eigenvalue weighted by Crippen LogP contribution is 2.26. The zero-order valence-electron chi connectivity index (χ0n) is 12.0. The summed E-state index contributed by atoms with van der Waals surface area (Å²) in [5.41, 5.74) is 0.796. The molecule has 6 heteroatoms. The Morgan fingerprint density at radius 3 is 2.45 bits per heavy atom. The van der Waals surface area contributed by atoms with Gasteiger partial charge in [-0.2, -0.15) is 13.5 Å². The van der Waals surface area contributed by atoms with Crippen LogP contribution in [0.15, 0.2) is 24.3 Å². The number of likely N-dealkylation sites (tertiary alicyclic amines) is 1. The molecule has 0 saturated carbocycles. The molecule has 5 nitrogen and oxygen atoms in total. The molecule has 1 N–H and O–H groups in total. The van der Waals surface area contributed by atoms with Gasteiger partial charge in [0.2, 0.25) is 0 Å². The van der Waals surface area contributed by atoms with Crippen LogP contribution in [0.3, 0.4) is 0 Å². The van der Waals surface area contributed by atoms with E-state index in [0.717, 1.165) is 25.9 Å². The van der Waals surface area contributed by atoms with Crippen LogP contribution >= 0.6 is 13.5 Å². The number of benzene rings is 1. The summed E-state index contributed by atoms with van der Waals surface area (Å²) in [5.74, 6) is 0. The highest BCUT2D eigenvalue weighted by Gasteiger charge is 2.22. The van der Waals surface area contributed by atoms with Crippen LogP contribution in [0.2, 0.25) is 0 Å². The topological polar surface area (TPSA) is 58.4 Å². The van der Waals surface area contributed by atoms with Crippen LogP contribution in [0.4, 0.5) is 11.4 Å². The van der Waals surface area contributed by atoms with Crippen molar-refractivity contribution in [2.45, 2.75) is 38.8 Å². The SMILES string of the molecule is CC(C)N1CCC(Nc2ccccc2[N+](=O)[O-])CC1.S. The van der Waals surface area contributed by atoms with Gasteiger partial charge in [-0.25, -0.2) is 0 Å². The molecule has 0 aromatic heterocycles. The second-order valence-electron chi connectivity index (χ2n) is 5.32. The monoisotopic (exact) mass is 297 g/mol. The fourth-order valence-electron chi connectivity index (χ4n) is 2.54. The second-order valence-corrected chi connectivity index (χ2v) is 5.32. The smallest absolute Gasteiger partial charge is 0.292 e. The third kappa shape index (κ3) is 4.11. The first kappa shape index (κ1) is 16.8. The molecule has 0 radical (unpaired) electrons. The summed E-state index contributed by atoms with van der Waals surface area (Å²) in [7, 11) is 0. The van der Waals surface area contributed by atoms with Crippen molar-refractivity contribution in [2.75, 3.05) is 18.4 Å². The van der Waals surface area contributed by atoms with Crippen molar-refractivity contribution in [3.63, 3.8) is 0 Å². The maximum atomic E-state index is 11.0. The summed E-state index contributed by atoms with van der Waals surface area (Å²) in [5, 5.41) is 14.3. The Kier molecular flexibility index (Phi) is 6.29. The van der Waals surface area contributed by atoms with E-state index in [1.54, 1.807) is 18.2 Å². The number of hydrogen-bond donors (Lipinski definition) is 1. The molecule has 112 valence electrons. The van der Waals surface area contributed by atoms with Crippen molar-refractivity contribution in [1.82, 2.24) is 4.90 Å². The van der Waals surface area contributed by atoms with Crippen molar-refractivity contribution in [3.05, 3.63) is 34.4 Å². The molecule has 1 aliphatic heterocycles. The van der Waals surface area contributed by atoms with Crippen LogP contribution in [-0.2, 0) is 0 Å². The van der Waals surface area contributed by atoms with Gasteiger partial charge in [-0.1, -0.05) is 12.1 Å². The van der Waals surface area contributed by atoms with Gasteiger partial charge in [0.25, 0.3) is 5.69 Å².